The van der Waals surface area contributed by atoms with Gasteiger partial charge in [-0.3, -0.25) is 0 Å². The van der Waals surface area contributed by atoms with E-state index in [1.165, 1.54) is 30.4 Å². The Morgan fingerprint density at radius 1 is 1.12 bits per heavy atom. The quantitative estimate of drug-likeness (QED) is 0.188. The summed E-state index contributed by atoms with van der Waals surface area (Å²) in [5, 5.41) is 20.9. The van der Waals surface area contributed by atoms with Crippen molar-refractivity contribution in [3.05, 3.63) is 23.3 Å². The zero-order valence-corrected chi connectivity index (χ0v) is 22.3. The number of unbranched alkanes of at least 4 members (excludes halogenated alkanes) is 2. The first-order chi connectivity index (χ1) is 15.1. The zero-order chi connectivity index (χ0) is 24.1. The monoisotopic (exact) mass is 450 g/mol. The molecule has 0 aromatic heterocycles. The van der Waals surface area contributed by atoms with Crippen molar-refractivity contribution in [2.75, 3.05) is 6.61 Å². The number of rotatable bonds is 16. The maximum atomic E-state index is 10.5. The van der Waals surface area contributed by atoms with E-state index in [0.717, 1.165) is 58.0 Å². The number of hydrogen-bond acceptors (Lipinski definition) is 3. The largest absolute Gasteiger partial charge is 0.390 e. The van der Waals surface area contributed by atoms with Crippen molar-refractivity contribution < 1.29 is 14.9 Å². The van der Waals surface area contributed by atoms with E-state index in [1.54, 1.807) is 0 Å². The fourth-order valence-corrected chi connectivity index (χ4v) is 4.96. The summed E-state index contributed by atoms with van der Waals surface area (Å²) < 4.78 is 6.05. The predicted octanol–water partition coefficient (Wildman–Crippen LogP) is 7.61. The van der Waals surface area contributed by atoms with Crippen molar-refractivity contribution in [1.82, 2.24) is 0 Å². The van der Waals surface area contributed by atoms with Crippen LogP contribution in [-0.4, -0.2) is 34.6 Å². The van der Waals surface area contributed by atoms with E-state index < -0.39 is 5.60 Å². The Morgan fingerprint density at radius 3 is 2.47 bits per heavy atom. The van der Waals surface area contributed by atoms with Gasteiger partial charge >= 0.3 is 0 Å². The van der Waals surface area contributed by atoms with Crippen molar-refractivity contribution in [3.63, 3.8) is 0 Å². The van der Waals surface area contributed by atoms with Crippen LogP contribution in [0.2, 0.25) is 0 Å². The summed E-state index contributed by atoms with van der Waals surface area (Å²) in [7, 11) is 0. The van der Waals surface area contributed by atoms with Crippen LogP contribution in [0.1, 0.15) is 119 Å². The number of ether oxygens (including phenoxy) is 1. The molecule has 1 rings (SSSR count). The van der Waals surface area contributed by atoms with E-state index in [-0.39, 0.29) is 18.1 Å². The minimum absolute atomic E-state index is 0.159. The normalized spacial score (nSPS) is 27.2. The molecule has 0 amide bonds. The van der Waals surface area contributed by atoms with Gasteiger partial charge in [-0.15, -0.1) is 0 Å². The summed E-state index contributed by atoms with van der Waals surface area (Å²) >= 11 is 0. The van der Waals surface area contributed by atoms with E-state index in [9.17, 15) is 10.2 Å². The van der Waals surface area contributed by atoms with Gasteiger partial charge in [0.25, 0.3) is 0 Å². The highest BCUT2D eigenvalue weighted by Gasteiger charge is 2.34. The van der Waals surface area contributed by atoms with E-state index in [4.69, 9.17) is 4.74 Å². The Kier molecular flexibility index (Phi) is 14.1. The highest BCUT2D eigenvalue weighted by Crippen LogP contribution is 2.35. The zero-order valence-electron chi connectivity index (χ0n) is 22.3. The van der Waals surface area contributed by atoms with E-state index >= 15 is 0 Å². The number of aliphatic hydroxyl groups is 2. The van der Waals surface area contributed by atoms with Gasteiger partial charge in [0.15, 0.2) is 0 Å². The molecular formula is C29H54O3. The topological polar surface area (TPSA) is 49.7 Å². The fourth-order valence-electron chi connectivity index (χ4n) is 4.96. The first-order valence-electron chi connectivity index (χ1n) is 13.5. The molecule has 0 aromatic carbocycles. The molecule has 0 radical (unpaired) electrons. The number of hydrogen-bond donors (Lipinski definition) is 2. The molecule has 188 valence electrons. The molecule has 0 saturated carbocycles. The van der Waals surface area contributed by atoms with Gasteiger partial charge in [-0.2, -0.15) is 0 Å². The molecule has 0 heterocycles. The molecule has 0 bridgehead atoms. The summed E-state index contributed by atoms with van der Waals surface area (Å²) in [5.41, 5.74) is 2.26. The van der Waals surface area contributed by atoms with Gasteiger partial charge < -0.3 is 14.9 Å². The highest BCUT2D eigenvalue weighted by atomic mass is 16.5. The van der Waals surface area contributed by atoms with Crippen LogP contribution < -0.4 is 0 Å². The molecule has 0 spiro atoms. The molecule has 32 heavy (non-hydrogen) atoms. The van der Waals surface area contributed by atoms with Crippen LogP contribution in [0.15, 0.2) is 23.3 Å². The summed E-state index contributed by atoms with van der Waals surface area (Å²) in [4.78, 5) is 0. The van der Waals surface area contributed by atoms with E-state index in [2.05, 4.69) is 53.7 Å². The first kappa shape index (κ1) is 29.4. The van der Waals surface area contributed by atoms with Crippen LogP contribution in [-0.2, 0) is 4.74 Å². The minimum atomic E-state index is -0.500. The molecule has 2 N–H and O–H groups in total. The first-order valence-corrected chi connectivity index (χ1v) is 13.5. The lowest BCUT2D eigenvalue weighted by Crippen LogP contribution is -2.39. The molecule has 0 saturated heterocycles. The Labute approximate surface area is 199 Å². The van der Waals surface area contributed by atoms with Crippen LogP contribution >= 0.6 is 0 Å². The third-order valence-corrected chi connectivity index (χ3v) is 7.63. The maximum absolute atomic E-state index is 10.5. The minimum Gasteiger partial charge on any atom is -0.390 e. The smallest absolute Gasteiger partial charge is 0.0814 e. The standard InChI is InChI=1S/C29H54O3/c1-8-10-11-19-29(7,31)20-13-16-22(3)14-12-15-23(4)17-18-26-21-27(30)24(5)25(6)28(26)32-9-2/h14,21,23-25,27-28,30-31H,8-13,15-20H2,1-7H3/b22-14+. The van der Waals surface area contributed by atoms with Crippen molar-refractivity contribution in [2.45, 2.75) is 137 Å². The second kappa shape index (κ2) is 15.3. The van der Waals surface area contributed by atoms with Gasteiger partial charge in [0, 0.05) is 6.61 Å². The molecule has 3 heteroatoms. The molecule has 1 aliphatic carbocycles. The molecule has 6 unspecified atom stereocenters. The van der Waals surface area contributed by atoms with Crippen LogP contribution in [0.3, 0.4) is 0 Å². The van der Waals surface area contributed by atoms with Crippen LogP contribution in [0.4, 0.5) is 0 Å². The Balaban J connectivity index is 2.35. The van der Waals surface area contributed by atoms with Gasteiger partial charge in [0.2, 0.25) is 0 Å². The SMILES string of the molecule is CCCCCC(C)(O)CCC/C(C)=C/CCC(C)CCC1=CC(O)C(C)C(C)C1OCC. The second-order valence-electron chi connectivity index (χ2n) is 10.9. The molecule has 6 atom stereocenters. The van der Waals surface area contributed by atoms with Crippen LogP contribution in [0, 0.1) is 17.8 Å². The van der Waals surface area contributed by atoms with Crippen LogP contribution in [0.25, 0.3) is 0 Å². The van der Waals surface area contributed by atoms with Crippen molar-refractivity contribution in [1.29, 1.82) is 0 Å². The van der Waals surface area contributed by atoms with Crippen molar-refractivity contribution >= 4 is 0 Å². The van der Waals surface area contributed by atoms with Gasteiger partial charge in [0.1, 0.15) is 0 Å². The van der Waals surface area contributed by atoms with Gasteiger partial charge in [-0.1, -0.05) is 64.7 Å². The summed E-state index contributed by atoms with van der Waals surface area (Å²) in [6.45, 7) is 15.9. The number of aliphatic hydroxyl groups excluding tert-OH is 1. The fraction of sp³-hybridized carbons (Fsp3) is 0.862. The summed E-state index contributed by atoms with van der Waals surface area (Å²) in [6.07, 6.45) is 16.3. The van der Waals surface area contributed by atoms with Gasteiger partial charge in [-0.05, 0) is 95.5 Å². The third-order valence-electron chi connectivity index (χ3n) is 7.63. The van der Waals surface area contributed by atoms with Crippen molar-refractivity contribution in [3.8, 4) is 0 Å². The number of allylic oxidation sites excluding steroid dienone is 2. The molecule has 3 nitrogen and oxygen atoms in total. The average molecular weight is 451 g/mol. The third kappa shape index (κ3) is 11.0. The molecule has 0 aromatic rings. The average Bonchev–Trinajstić information content (AvgIpc) is 2.73. The Morgan fingerprint density at radius 2 is 1.81 bits per heavy atom. The van der Waals surface area contributed by atoms with Crippen LogP contribution in [0.5, 0.6) is 0 Å². The summed E-state index contributed by atoms with van der Waals surface area (Å²) in [5.74, 6) is 1.27. The highest BCUT2D eigenvalue weighted by molar-refractivity contribution is 5.18. The van der Waals surface area contributed by atoms with E-state index in [0.29, 0.717) is 11.8 Å². The summed E-state index contributed by atoms with van der Waals surface area (Å²) in [6, 6.07) is 0. The van der Waals surface area contributed by atoms with Gasteiger partial charge in [-0.25, -0.2) is 0 Å². The maximum Gasteiger partial charge on any atom is 0.0814 e. The Hall–Kier alpha value is -0.640. The molecule has 0 fully saturated rings. The lowest BCUT2D eigenvalue weighted by molar-refractivity contribution is -0.00630. The van der Waals surface area contributed by atoms with E-state index in [1.807, 2.05) is 6.92 Å². The van der Waals surface area contributed by atoms with Gasteiger partial charge in [0.05, 0.1) is 17.8 Å². The predicted molar refractivity (Wildman–Crippen MR) is 138 cm³/mol. The molecule has 0 aliphatic heterocycles. The molecular weight excluding hydrogens is 396 g/mol. The Bertz CT molecular complexity index is 563. The second-order valence-corrected chi connectivity index (χ2v) is 10.9. The lowest BCUT2D eigenvalue weighted by atomic mass is 9.76. The van der Waals surface area contributed by atoms with Crippen molar-refractivity contribution in [2.24, 2.45) is 17.8 Å². The lowest BCUT2D eigenvalue weighted by Gasteiger charge is -2.37. The molecule has 1 aliphatic rings.